The lowest BCUT2D eigenvalue weighted by atomic mass is 9.91. The van der Waals surface area contributed by atoms with E-state index in [1.807, 2.05) is 0 Å². The van der Waals surface area contributed by atoms with Crippen LogP contribution in [0.4, 0.5) is 18.0 Å². The normalized spacial score (nSPS) is 29.0. The Morgan fingerprint density at radius 2 is 2.03 bits per heavy atom. The lowest BCUT2D eigenvalue weighted by Crippen LogP contribution is -2.54. The van der Waals surface area contributed by atoms with Crippen LogP contribution in [-0.2, 0) is 22.4 Å². The number of hydrogen-bond donors (Lipinski definition) is 2. The van der Waals surface area contributed by atoms with Gasteiger partial charge < -0.3 is 15.1 Å². The zero-order valence-corrected chi connectivity index (χ0v) is 21.0. The number of amides is 5. The van der Waals surface area contributed by atoms with E-state index >= 15 is 0 Å². The maximum absolute atomic E-state index is 13.0. The second kappa shape index (κ2) is 8.54. The number of imide groups is 1. The van der Waals surface area contributed by atoms with Crippen LogP contribution in [0.15, 0.2) is 12.3 Å². The Bertz CT molecular complexity index is 1070. The van der Waals surface area contributed by atoms with E-state index in [-0.39, 0.29) is 29.7 Å². The maximum atomic E-state index is 13.0. The number of hydrogen-bond acceptors (Lipinski definition) is 5. The molecule has 0 saturated carbocycles. The SMILES string of the molecule is C[C@@H]1[C@H]([AlH2])C[C@H](CNC(=O)c2cnc3c(c2)C[C@@]2(C3)C(=O)NC(=O)N2C)C(=O)N1CC(F)(F)F. The van der Waals surface area contributed by atoms with Crippen molar-refractivity contribution in [1.29, 1.82) is 0 Å². The van der Waals surface area contributed by atoms with Crippen molar-refractivity contribution < 1.29 is 32.3 Å². The molecule has 34 heavy (non-hydrogen) atoms. The molecule has 182 valence electrons. The molecule has 1 aromatic heterocycles. The molecule has 13 heteroatoms. The molecule has 5 amide bonds. The molecule has 3 aliphatic rings. The number of likely N-dealkylation sites (N-methyl/N-ethyl adjacent to an activating group) is 1. The number of nitrogens with zero attached hydrogens (tertiary/aromatic N) is 3. The van der Waals surface area contributed by atoms with Crippen molar-refractivity contribution in [2.45, 2.75) is 48.7 Å². The first-order valence-corrected chi connectivity index (χ1v) is 12.2. The molecule has 1 spiro atoms. The van der Waals surface area contributed by atoms with Crippen LogP contribution in [0, 0.1) is 5.92 Å². The summed E-state index contributed by atoms with van der Waals surface area (Å²) in [6.07, 6.45) is -2.24. The third kappa shape index (κ3) is 4.27. The molecule has 2 saturated heterocycles. The summed E-state index contributed by atoms with van der Waals surface area (Å²) < 4.78 is 38.9. The maximum Gasteiger partial charge on any atom is 0.406 e. The first-order valence-electron chi connectivity index (χ1n) is 11.0. The number of halogens is 3. The van der Waals surface area contributed by atoms with Crippen molar-refractivity contribution in [1.82, 2.24) is 25.4 Å². The highest BCUT2D eigenvalue weighted by atomic mass is 27.0. The predicted molar refractivity (Wildman–Crippen MR) is 116 cm³/mol. The minimum absolute atomic E-state index is 0.0166. The van der Waals surface area contributed by atoms with Gasteiger partial charge in [0.25, 0.3) is 11.8 Å². The number of piperidine rings is 1. The fourth-order valence-corrected chi connectivity index (χ4v) is 5.99. The molecule has 2 aliphatic heterocycles. The molecule has 1 aromatic rings. The van der Waals surface area contributed by atoms with E-state index in [1.54, 1.807) is 13.0 Å². The Kier molecular flexibility index (Phi) is 6.14. The number of carbonyl (C=O) groups excluding carboxylic acids is 4. The van der Waals surface area contributed by atoms with E-state index in [0.29, 0.717) is 34.0 Å². The molecule has 0 bridgehead atoms. The lowest BCUT2D eigenvalue weighted by molar-refractivity contribution is -0.171. The zero-order valence-electron chi connectivity index (χ0n) is 19.0. The van der Waals surface area contributed by atoms with Gasteiger partial charge in [0.1, 0.15) is 12.1 Å². The topological polar surface area (TPSA) is 112 Å². The standard InChI is InChI=1S/C21H23F3N5O4.Al.2H/c1-11-3-4-12(17(31)29(11)10-21(22,23)24)8-26-16(30)14-5-13-6-20(7-15(13)25-9-14)18(32)27-19(33)28(20)2;;;/h3,5,9,11-12H,4,6-8,10H2,1-2H3,(H,26,30)(H,27,32,33);;;/t11-,12-,20-;;;/m1.../s1. The minimum atomic E-state index is -4.49. The number of urea groups is 1. The molecule has 2 N–H and O–H groups in total. The number of nitrogens with one attached hydrogen (secondary N) is 2. The number of likely N-dealkylation sites (tertiary alicyclic amines) is 1. The van der Waals surface area contributed by atoms with Crippen LogP contribution in [0.2, 0.25) is 4.78 Å². The highest BCUT2D eigenvalue weighted by molar-refractivity contribution is 6.13. The molecule has 4 rings (SSSR count). The average molecular weight is 495 g/mol. The Hall–Kier alpha value is -2.65. The third-order valence-electron chi connectivity index (χ3n) is 7.32. The Morgan fingerprint density at radius 1 is 1.32 bits per heavy atom. The van der Waals surface area contributed by atoms with Crippen LogP contribution in [0.5, 0.6) is 0 Å². The molecule has 3 heterocycles. The monoisotopic (exact) mass is 495 g/mol. The summed E-state index contributed by atoms with van der Waals surface area (Å²) in [5, 5.41) is 4.95. The molecule has 2 fully saturated rings. The van der Waals surface area contributed by atoms with Crippen LogP contribution in [0.3, 0.4) is 0 Å². The van der Waals surface area contributed by atoms with Gasteiger partial charge in [0.2, 0.25) is 22.2 Å². The van der Waals surface area contributed by atoms with Crippen LogP contribution in [-0.4, -0.2) is 92.7 Å². The van der Waals surface area contributed by atoms with Crippen molar-refractivity contribution in [3.63, 3.8) is 0 Å². The van der Waals surface area contributed by atoms with Crippen LogP contribution in [0.25, 0.3) is 0 Å². The largest absolute Gasteiger partial charge is 0.406 e. The number of fused-ring (bicyclic) bond motifs is 1. The van der Waals surface area contributed by atoms with Gasteiger partial charge in [-0.2, -0.15) is 13.2 Å². The second-order valence-electron chi connectivity index (χ2n) is 9.48. The van der Waals surface area contributed by atoms with Crippen LogP contribution < -0.4 is 10.6 Å². The third-order valence-corrected chi connectivity index (χ3v) is 8.75. The molecule has 0 radical (unpaired) electrons. The van der Waals surface area contributed by atoms with Gasteiger partial charge in [0, 0.05) is 44.4 Å². The van der Waals surface area contributed by atoms with Gasteiger partial charge in [-0.25, -0.2) is 4.79 Å². The summed E-state index contributed by atoms with van der Waals surface area (Å²) in [6, 6.07) is 0.630. The van der Waals surface area contributed by atoms with E-state index in [0.717, 1.165) is 4.90 Å². The predicted octanol–water partition coefficient (Wildman–Crippen LogP) is 0.0513. The van der Waals surface area contributed by atoms with Crippen LogP contribution >= 0.6 is 0 Å². The summed E-state index contributed by atoms with van der Waals surface area (Å²) >= 11 is 0.628. The van der Waals surface area contributed by atoms with Crippen LogP contribution in [0.1, 0.15) is 35.0 Å². The molecular formula is C21H25AlF3N5O4. The molecule has 9 nitrogen and oxygen atoms in total. The molecule has 4 atom stereocenters. The fraction of sp³-hybridized carbons (Fsp3) is 0.571. The van der Waals surface area contributed by atoms with E-state index in [9.17, 15) is 32.3 Å². The number of carbonyl (C=O) groups is 4. The van der Waals surface area contributed by atoms with E-state index in [1.165, 1.54) is 18.1 Å². The lowest BCUT2D eigenvalue weighted by Gasteiger charge is -2.42. The van der Waals surface area contributed by atoms with Crippen molar-refractivity contribution >= 4 is 40.0 Å². The van der Waals surface area contributed by atoms with Gasteiger partial charge in [-0.1, -0.05) is 4.78 Å². The van der Waals surface area contributed by atoms with Gasteiger partial charge in [-0.05, 0) is 25.0 Å². The summed E-state index contributed by atoms with van der Waals surface area (Å²) in [5.41, 5.74) is 0.442. The Labute approximate surface area is 201 Å². The van der Waals surface area contributed by atoms with Gasteiger partial charge in [0.15, 0.2) is 0 Å². The summed E-state index contributed by atoms with van der Waals surface area (Å²) in [4.78, 5) is 56.3. The van der Waals surface area contributed by atoms with Crippen molar-refractivity contribution in [2.75, 3.05) is 20.1 Å². The Balaban J connectivity index is 1.43. The van der Waals surface area contributed by atoms with Gasteiger partial charge in [-0.15, -0.1) is 0 Å². The highest BCUT2D eigenvalue weighted by Gasteiger charge is 2.54. The van der Waals surface area contributed by atoms with Crippen molar-refractivity contribution in [3.05, 3.63) is 29.1 Å². The zero-order chi connectivity index (χ0) is 25.0. The summed E-state index contributed by atoms with van der Waals surface area (Å²) in [5.74, 6) is -2.24. The first-order chi connectivity index (χ1) is 15.8. The fourth-order valence-electron chi connectivity index (χ4n) is 5.06. The smallest absolute Gasteiger partial charge is 0.351 e. The van der Waals surface area contributed by atoms with Crippen molar-refractivity contribution in [3.8, 4) is 0 Å². The molecule has 0 aromatic carbocycles. The number of rotatable bonds is 4. The second-order valence-corrected chi connectivity index (χ2v) is 11.0. The average Bonchev–Trinajstić information content (AvgIpc) is 3.25. The van der Waals surface area contributed by atoms with Gasteiger partial charge in [0.05, 0.1) is 11.5 Å². The highest BCUT2D eigenvalue weighted by Crippen LogP contribution is 2.36. The van der Waals surface area contributed by atoms with E-state index < -0.39 is 54.0 Å². The minimum Gasteiger partial charge on any atom is -0.351 e. The number of pyridine rings is 1. The molecule has 0 unspecified atom stereocenters. The van der Waals surface area contributed by atoms with E-state index in [2.05, 4.69) is 15.6 Å². The summed E-state index contributed by atoms with van der Waals surface area (Å²) in [7, 11) is 1.54. The van der Waals surface area contributed by atoms with E-state index in [4.69, 9.17) is 0 Å². The molecular weight excluding hydrogens is 470 g/mol. The quantitative estimate of drug-likeness (QED) is 0.453. The summed E-state index contributed by atoms with van der Waals surface area (Å²) in [6.45, 7) is 0.268. The van der Waals surface area contributed by atoms with Gasteiger partial charge >= 0.3 is 12.2 Å². The first kappa shape index (κ1) is 24.5. The number of alkyl halides is 3. The van der Waals surface area contributed by atoms with Crippen molar-refractivity contribution in [2.24, 2.45) is 5.92 Å². The Morgan fingerprint density at radius 3 is 2.65 bits per heavy atom. The number of aromatic nitrogens is 1. The van der Waals surface area contributed by atoms with Gasteiger partial charge in [-0.3, -0.25) is 24.7 Å². The molecule has 1 aliphatic carbocycles.